The highest BCUT2D eigenvalue weighted by Gasteiger charge is 2.41. The van der Waals surface area contributed by atoms with Crippen molar-refractivity contribution < 1.29 is 9.47 Å². The average molecular weight is 380 g/mol. The van der Waals surface area contributed by atoms with E-state index in [1.807, 2.05) is 12.1 Å². The second kappa shape index (κ2) is 7.24. The molecule has 0 radical (unpaired) electrons. The van der Waals surface area contributed by atoms with E-state index in [1.54, 1.807) is 14.2 Å². The molecule has 6 heteroatoms. The maximum atomic E-state index is 5.63. The van der Waals surface area contributed by atoms with Gasteiger partial charge in [-0.05, 0) is 31.7 Å². The van der Waals surface area contributed by atoms with Crippen molar-refractivity contribution in [1.82, 2.24) is 14.9 Å². The summed E-state index contributed by atoms with van der Waals surface area (Å²) < 4.78 is 11.0. The Labute approximate surface area is 166 Å². The lowest BCUT2D eigenvalue weighted by atomic mass is 9.98. The maximum absolute atomic E-state index is 5.63. The molecule has 1 aromatic carbocycles. The fourth-order valence-electron chi connectivity index (χ4n) is 5.06. The Balaban J connectivity index is 1.40. The summed E-state index contributed by atoms with van der Waals surface area (Å²) in [5.74, 6) is 2.65. The Morgan fingerprint density at radius 3 is 2.75 bits per heavy atom. The van der Waals surface area contributed by atoms with E-state index in [4.69, 9.17) is 19.4 Å². The number of ether oxygens (including phenoxy) is 2. The van der Waals surface area contributed by atoms with E-state index in [9.17, 15) is 0 Å². The van der Waals surface area contributed by atoms with Crippen LogP contribution in [0.5, 0.6) is 11.5 Å². The average Bonchev–Trinajstić information content (AvgIpc) is 3.36. The van der Waals surface area contributed by atoms with Crippen LogP contribution in [-0.2, 0) is 13.0 Å². The van der Waals surface area contributed by atoms with E-state index in [0.29, 0.717) is 12.1 Å². The van der Waals surface area contributed by atoms with E-state index >= 15 is 0 Å². The van der Waals surface area contributed by atoms with Gasteiger partial charge in [0.1, 0.15) is 11.5 Å². The van der Waals surface area contributed by atoms with Crippen LogP contribution >= 0.6 is 0 Å². The molecule has 2 unspecified atom stereocenters. The molecule has 2 saturated heterocycles. The molecule has 2 aromatic rings. The molecule has 28 heavy (non-hydrogen) atoms. The first-order chi connectivity index (χ1) is 13.8. The van der Waals surface area contributed by atoms with Crippen molar-refractivity contribution in [1.29, 1.82) is 0 Å². The van der Waals surface area contributed by atoms with Gasteiger partial charge in [0.25, 0.3) is 0 Å². The lowest BCUT2D eigenvalue weighted by Crippen LogP contribution is -2.38. The predicted molar refractivity (Wildman–Crippen MR) is 108 cm³/mol. The number of hydrogen-bond acceptors (Lipinski definition) is 6. The first-order valence-corrected chi connectivity index (χ1v) is 10.3. The first kappa shape index (κ1) is 17.7. The third kappa shape index (κ3) is 3.00. The molecule has 0 spiro atoms. The van der Waals surface area contributed by atoms with Crippen LogP contribution in [0.25, 0.3) is 0 Å². The molecule has 3 aliphatic rings. The van der Waals surface area contributed by atoms with Gasteiger partial charge in [-0.15, -0.1) is 0 Å². The standard InChI is InChI=1S/C22H28N4O2/c1-27-17-7-5-15(21(12-17)28-2)14-26-16-6-8-20(26)18-13-23-22(24-19(18)11-16)25-9-3-4-10-25/h5,7,12-13,16,20H,3-4,6,8-11,14H2,1-2H3. The highest BCUT2D eigenvalue weighted by molar-refractivity contribution is 5.42. The monoisotopic (exact) mass is 380 g/mol. The van der Waals surface area contributed by atoms with E-state index in [0.717, 1.165) is 43.5 Å². The number of hydrogen-bond donors (Lipinski definition) is 0. The summed E-state index contributed by atoms with van der Waals surface area (Å²) in [4.78, 5) is 14.7. The lowest BCUT2D eigenvalue weighted by molar-refractivity contribution is 0.164. The van der Waals surface area contributed by atoms with Crippen molar-refractivity contribution in [3.8, 4) is 11.5 Å². The van der Waals surface area contributed by atoms with Gasteiger partial charge in [0.2, 0.25) is 5.95 Å². The van der Waals surface area contributed by atoms with Gasteiger partial charge in [-0.3, -0.25) is 4.90 Å². The van der Waals surface area contributed by atoms with Gasteiger partial charge in [0.15, 0.2) is 0 Å². The lowest BCUT2D eigenvalue weighted by Gasteiger charge is -2.36. The molecule has 0 amide bonds. The van der Waals surface area contributed by atoms with Crippen molar-refractivity contribution >= 4 is 5.95 Å². The van der Waals surface area contributed by atoms with E-state index in [2.05, 4.69) is 22.1 Å². The second-order valence-electron chi connectivity index (χ2n) is 8.07. The number of benzene rings is 1. The quantitative estimate of drug-likeness (QED) is 0.793. The molecule has 5 rings (SSSR count). The van der Waals surface area contributed by atoms with E-state index in [-0.39, 0.29) is 0 Å². The van der Waals surface area contributed by atoms with Gasteiger partial charge in [-0.1, -0.05) is 6.07 Å². The van der Waals surface area contributed by atoms with Gasteiger partial charge >= 0.3 is 0 Å². The molecule has 2 atom stereocenters. The van der Waals surface area contributed by atoms with Crippen molar-refractivity contribution in [2.75, 3.05) is 32.2 Å². The third-order valence-electron chi connectivity index (χ3n) is 6.55. The van der Waals surface area contributed by atoms with E-state index in [1.165, 1.54) is 42.5 Å². The molecule has 0 saturated carbocycles. The molecule has 2 bridgehead atoms. The summed E-state index contributed by atoms with van der Waals surface area (Å²) in [7, 11) is 3.42. The van der Waals surface area contributed by atoms with E-state index < -0.39 is 0 Å². The van der Waals surface area contributed by atoms with Gasteiger partial charge in [-0.2, -0.15) is 0 Å². The Morgan fingerprint density at radius 2 is 1.96 bits per heavy atom. The Hall–Kier alpha value is -2.34. The minimum Gasteiger partial charge on any atom is -0.497 e. The van der Waals surface area contributed by atoms with Crippen LogP contribution in [0.3, 0.4) is 0 Å². The number of methoxy groups -OCH3 is 2. The second-order valence-corrected chi connectivity index (χ2v) is 8.07. The van der Waals surface area contributed by atoms with Crippen LogP contribution in [0.4, 0.5) is 5.95 Å². The SMILES string of the molecule is COc1ccc(CN2C3CCC2c2cnc(N4CCCC4)nc2C3)c(OC)c1. The van der Waals surface area contributed by atoms with Crippen LogP contribution < -0.4 is 14.4 Å². The van der Waals surface area contributed by atoms with Crippen molar-refractivity contribution in [2.45, 2.75) is 50.7 Å². The zero-order valence-corrected chi connectivity index (χ0v) is 16.7. The topological polar surface area (TPSA) is 50.7 Å². The highest BCUT2D eigenvalue weighted by atomic mass is 16.5. The molecule has 2 fully saturated rings. The Bertz CT molecular complexity index is 866. The smallest absolute Gasteiger partial charge is 0.225 e. The summed E-state index contributed by atoms with van der Waals surface area (Å²) in [6.07, 6.45) is 8.03. The molecule has 1 aromatic heterocycles. The van der Waals surface area contributed by atoms with Gasteiger partial charge < -0.3 is 14.4 Å². The van der Waals surface area contributed by atoms with Gasteiger partial charge in [-0.25, -0.2) is 9.97 Å². The Morgan fingerprint density at radius 1 is 1.11 bits per heavy atom. The summed E-state index contributed by atoms with van der Waals surface area (Å²) >= 11 is 0. The molecular formula is C22H28N4O2. The summed E-state index contributed by atoms with van der Waals surface area (Å²) in [6, 6.07) is 7.07. The highest BCUT2D eigenvalue weighted by Crippen LogP contribution is 2.44. The summed E-state index contributed by atoms with van der Waals surface area (Å²) in [5.41, 5.74) is 3.80. The summed E-state index contributed by atoms with van der Waals surface area (Å²) in [6.45, 7) is 3.07. The molecule has 0 aliphatic carbocycles. The van der Waals surface area contributed by atoms with Crippen LogP contribution in [0.2, 0.25) is 0 Å². The fraction of sp³-hybridized carbons (Fsp3) is 0.545. The minimum absolute atomic E-state index is 0.410. The zero-order valence-electron chi connectivity index (χ0n) is 16.7. The van der Waals surface area contributed by atoms with Crippen LogP contribution in [0.1, 0.15) is 48.5 Å². The number of aromatic nitrogens is 2. The Kier molecular flexibility index (Phi) is 4.59. The molecule has 4 heterocycles. The van der Waals surface area contributed by atoms with Gasteiger partial charge in [0, 0.05) is 61.5 Å². The number of anilines is 1. The maximum Gasteiger partial charge on any atom is 0.225 e. The normalized spacial score (nSPS) is 23.7. The minimum atomic E-state index is 0.410. The molecular weight excluding hydrogens is 352 g/mol. The van der Waals surface area contributed by atoms with Crippen molar-refractivity contribution in [3.63, 3.8) is 0 Å². The summed E-state index contributed by atoms with van der Waals surface area (Å²) in [5, 5.41) is 0. The number of nitrogens with zero attached hydrogens (tertiary/aromatic N) is 4. The van der Waals surface area contributed by atoms with Crippen LogP contribution in [0.15, 0.2) is 24.4 Å². The number of rotatable bonds is 5. The predicted octanol–water partition coefficient (Wildman–Crippen LogP) is 3.36. The number of fused-ring (bicyclic) bond motifs is 4. The molecule has 148 valence electrons. The molecule has 0 N–H and O–H groups in total. The van der Waals surface area contributed by atoms with Crippen LogP contribution in [-0.4, -0.2) is 48.2 Å². The van der Waals surface area contributed by atoms with Gasteiger partial charge in [0.05, 0.1) is 19.9 Å². The molecule has 6 nitrogen and oxygen atoms in total. The third-order valence-corrected chi connectivity index (χ3v) is 6.55. The first-order valence-electron chi connectivity index (χ1n) is 10.3. The van der Waals surface area contributed by atoms with Crippen molar-refractivity contribution in [3.05, 3.63) is 41.2 Å². The fourth-order valence-corrected chi connectivity index (χ4v) is 5.06. The zero-order chi connectivity index (χ0) is 19.1. The van der Waals surface area contributed by atoms with Crippen LogP contribution in [0, 0.1) is 0 Å². The van der Waals surface area contributed by atoms with Crippen molar-refractivity contribution in [2.24, 2.45) is 0 Å². The molecule has 3 aliphatic heterocycles. The largest absolute Gasteiger partial charge is 0.497 e.